The summed E-state index contributed by atoms with van der Waals surface area (Å²) in [6.45, 7) is 6.63. The molecule has 0 amide bonds. The SMILES string of the molecule is CCOc1cccc(N)c1C(=O)c1ccc(C(C)C)cc1. The number of ether oxygens (including phenoxy) is 1. The number of hydrogen-bond donors (Lipinski definition) is 1. The van der Waals surface area contributed by atoms with Gasteiger partial charge in [-0.05, 0) is 30.5 Å². The molecule has 2 N–H and O–H groups in total. The molecule has 21 heavy (non-hydrogen) atoms. The van der Waals surface area contributed by atoms with Gasteiger partial charge in [-0.25, -0.2) is 0 Å². The third kappa shape index (κ3) is 3.24. The molecule has 2 aromatic carbocycles. The summed E-state index contributed by atoms with van der Waals surface area (Å²) >= 11 is 0. The van der Waals surface area contributed by atoms with Crippen molar-refractivity contribution in [2.45, 2.75) is 26.7 Å². The predicted molar refractivity (Wildman–Crippen MR) is 86.0 cm³/mol. The van der Waals surface area contributed by atoms with Crippen LogP contribution < -0.4 is 10.5 Å². The van der Waals surface area contributed by atoms with Gasteiger partial charge >= 0.3 is 0 Å². The van der Waals surface area contributed by atoms with Crippen LogP contribution in [0.1, 0.15) is 48.2 Å². The van der Waals surface area contributed by atoms with Crippen molar-refractivity contribution in [2.75, 3.05) is 12.3 Å². The van der Waals surface area contributed by atoms with E-state index in [0.29, 0.717) is 35.1 Å². The van der Waals surface area contributed by atoms with Crippen molar-refractivity contribution in [1.82, 2.24) is 0 Å². The van der Waals surface area contributed by atoms with E-state index in [1.807, 2.05) is 31.2 Å². The van der Waals surface area contributed by atoms with Crippen molar-refractivity contribution < 1.29 is 9.53 Å². The highest BCUT2D eigenvalue weighted by atomic mass is 16.5. The van der Waals surface area contributed by atoms with Gasteiger partial charge in [0.15, 0.2) is 5.78 Å². The van der Waals surface area contributed by atoms with Gasteiger partial charge in [0.2, 0.25) is 0 Å². The molecule has 0 saturated carbocycles. The molecule has 0 aliphatic heterocycles. The minimum absolute atomic E-state index is 0.105. The van der Waals surface area contributed by atoms with Crippen LogP contribution in [0.5, 0.6) is 5.75 Å². The van der Waals surface area contributed by atoms with E-state index in [9.17, 15) is 4.79 Å². The van der Waals surface area contributed by atoms with Gasteiger partial charge in [-0.15, -0.1) is 0 Å². The zero-order valence-corrected chi connectivity index (χ0v) is 12.7. The largest absolute Gasteiger partial charge is 0.493 e. The Labute approximate surface area is 125 Å². The molecule has 0 heterocycles. The number of ketones is 1. The van der Waals surface area contributed by atoms with Gasteiger partial charge < -0.3 is 10.5 Å². The highest BCUT2D eigenvalue weighted by Crippen LogP contribution is 2.28. The van der Waals surface area contributed by atoms with Crippen LogP contribution in [0.3, 0.4) is 0 Å². The van der Waals surface area contributed by atoms with Crippen molar-refractivity contribution in [3.05, 3.63) is 59.2 Å². The molecule has 0 aromatic heterocycles. The molecule has 2 aromatic rings. The van der Waals surface area contributed by atoms with Crippen molar-refractivity contribution >= 4 is 11.5 Å². The lowest BCUT2D eigenvalue weighted by Crippen LogP contribution is -2.09. The average molecular weight is 283 g/mol. The van der Waals surface area contributed by atoms with Crippen LogP contribution in [0.25, 0.3) is 0 Å². The van der Waals surface area contributed by atoms with Crippen molar-refractivity contribution in [2.24, 2.45) is 0 Å². The van der Waals surface area contributed by atoms with Gasteiger partial charge in [-0.3, -0.25) is 4.79 Å². The van der Waals surface area contributed by atoms with Crippen LogP contribution in [0.15, 0.2) is 42.5 Å². The van der Waals surface area contributed by atoms with E-state index < -0.39 is 0 Å². The number of carbonyl (C=O) groups excluding carboxylic acids is 1. The van der Waals surface area contributed by atoms with E-state index in [2.05, 4.69) is 13.8 Å². The molecule has 0 atom stereocenters. The lowest BCUT2D eigenvalue weighted by molar-refractivity contribution is 0.103. The number of hydrogen-bond acceptors (Lipinski definition) is 3. The molecule has 0 saturated heterocycles. The number of benzene rings is 2. The number of rotatable bonds is 5. The van der Waals surface area contributed by atoms with Crippen LogP contribution in [0.4, 0.5) is 5.69 Å². The fraction of sp³-hybridized carbons (Fsp3) is 0.278. The summed E-state index contributed by atoms with van der Waals surface area (Å²) in [5.74, 6) is 0.872. The van der Waals surface area contributed by atoms with Crippen molar-refractivity contribution in [1.29, 1.82) is 0 Å². The summed E-state index contributed by atoms with van der Waals surface area (Å²) in [5.41, 5.74) is 8.68. The lowest BCUT2D eigenvalue weighted by atomic mass is 9.97. The Bertz CT molecular complexity index is 630. The second-order valence-electron chi connectivity index (χ2n) is 5.26. The first-order valence-electron chi connectivity index (χ1n) is 7.20. The third-order valence-corrected chi connectivity index (χ3v) is 3.42. The Morgan fingerprint density at radius 1 is 1.14 bits per heavy atom. The van der Waals surface area contributed by atoms with E-state index >= 15 is 0 Å². The molecule has 3 heteroatoms. The van der Waals surface area contributed by atoms with E-state index in [1.165, 1.54) is 5.56 Å². The monoisotopic (exact) mass is 283 g/mol. The normalized spacial score (nSPS) is 10.7. The zero-order chi connectivity index (χ0) is 15.4. The predicted octanol–water partition coefficient (Wildman–Crippen LogP) is 4.02. The van der Waals surface area contributed by atoms with Crippen LogP contribution in [-0.4, -0.2) is 12.4 Å². The van der Waals surface area contributed by atoms with Gasteiger partial charge in [0, 0.05) is 11.3 Å². The van der Waals surface area contributed by atoms with Gasteiger partial charge in [0.25, 0.3) is 0 Å². The number of carbonyl (C=O) groups is 1. The van der Waals surface area contributed by atoms with E-state index in [-0.39, 0.29) is 5.78 Å². The third-order valence-electron chi connectivity index (χ3n) is 3.42. The van der Waals surface area contributed by atoms with E-state index in [4.69, 9.17) is 10.5 Å². The maximum Gasteiger partial charge on any atom is 0.198 e. The van der Waals surface area contributed by atoms with Crippen LogP contribution in [-0.2, 0) is 0 Å². The fourth-order valence-electron chi connectivity index (χ4n) is 2.23. The fourth-order valence-corrected chi connectivity index (χ4v) is 2.23. The Balaban J connectivity index is 2.40. The smallest absolute Gasteiger partial charge is 0.198 e. The Kier molecular flexibility index (Phi) is 4.63. The summed E-state index contributed by atoms with van der Waals surface area (Å²) in [4.78, 5) is 12.7. The highest BCUT2D eigenvalue weighted by molar-refractivity contribution is 6.13. The Morgan fingerprint density at radius 2 is 1.81 bits per heavy atom. The minimum atomic E-state index is -0.105. The quantitative estimate of drug-likeness (QED) is 0.666. The molecule has 0 fully saturated rings. The molecule has 3 nitrogen and oxygen atoms in total. The molecule has 0 unspecified atom stereocenters. The topological polar surface area (TPSA) is 52.3 Å². The molecule has 0 aliphatic carbocycles. The zero-order valence-electron chi connectivity index (χ0n) is 12.7. The molecule has 110 valence electrons. The van der Waals surface area contributed by atoms with Crippen LogP contribution >= 0.6 is 0 Å². The average Bonchev–Trinajstić information content (AvgIpc) is 2.47. The maximum absolute atomic E-state index is 12.7. The molecular weight excluding hydrogens is 262 g/mol. The lowest BCUT2D eigenvalue weighted by Gasteiger charge is -2.12. The summed E-state index contributed by atoms with van der Waals surface area (Å²) in [7, 11) is 0. The summed E-state index contributed by atoms with van der Waals surface area (Å²) < 4.78 is 5.52. The molecule has 0 bridgehead atoms. The first-order chi connectivity index (χ1) is 10.0. The maximum atomic E-state index is 12.7. The highest BCUT2D eigenvalue weighted by Gasteiger charge is 2.18. The number of nitrogen functional groups attached to an aromatic ring is 1. The van der Waals surface area contributed by atoms with Gasteiger partial charge in [-0.2, -0.15) is 0 Å². The summed E-state index contributed by atoms with van der Waals surface area (Å²) in [6.07, 6.45) is 0. The van der Waals surface area contributed by atoms with E-state index in [0.717, 1.165) is 0 Å². The first kappa shape index (κ1) is 15.1. The van der Waals surface area contributed by atoms with Gasteiger partial charge in [0.05, 0.1) is 12.2 Å². The standard InChI is InChI=1S/C18H21NO2/c1-4-21-16-7-5-6-15(19)17(16)18(20)14-10-8-13(9-11-14)12(2)3/h5-12H,4,19H2,1-3H3. The first-order valence-corrected chi connectivity index (χ1v) is 7.20. The molecule has 0 radical (unpaired) electrons. The molecule has 0 aliphatic rings. The Hall–Kier alpha value is -2.29. The van der Waals surface area contributed by atoms with E-state index in [1.54, 1.807) is 18.2 Å². The van der Waals surface area contributed by atoms with Crippen LogP contribution in [0.2, 0.25) is 0 Å². The van der Waals surface area contributed by atoms with Crippen LogP contribution in [0, 0.1) is 0 Å². The van der Waals surface area contributed by atoms with Crippen molar-refractivity contribution in [3.8, 4) is 5.75 Å². The second kappa shape index (κ2) is 6.44. The minimum Gasteiger partial charge on any atom is -0.493 e. The Morgan fingerprint density at radius 3 is 2.38 bits per heavy atom. The molecule has 0 spiro atoms. The number of nitrogens with two attached hydrogens (primary N) is 1. The molecule has 2 rings (SSSR count). The number of anilines is 1. The summed E-state index contributed by atoms with van der Waals surface area (Å²) in [6, 6.07) is 12.9. The molecular formula is C18H21NO2. The summed E-state index contributed by atoms with van der Waals surface area (Å²) in [5, 5.41) is 0. The van der Waals surface area contributed by atoms with Gasteiger partial charge in [0.1, 0.15) is 5.75 Å². The van der Waals surface area contributed by atoms with Gasteiger partial charge in [-0.1, -0.05) is 44.2 Å². The second-order valence-corrected chi connectivity index (χ2v) is 5.26. The van der Waals surface area contributed by atoms with Crippen molar-refractivity contribution in [3.63, 3.8) is 0 Å².